The zero-order valence-corrected chi connectivity index (χ0v) is 23.4. The Bertz CT molecular complexity index is 1790. The lowest BCUT2D eigenvalue weighted by atomic mass is 10.1. The minimum absolute atomic E-state index is 0.0168. The van der Waals surface area contributed by atoms with Crippen molar-refractivity contribution in [2.24, 2.45) is 0 Å². The molecule has 0 saturated heterocycles. The van der Waals surface area contributed by atoms with E-state index in [1.807, 2.05) is 13.0 Å². The Balaban J connectivity index is 1.43. The predicted octanol–water partition coefficient (Wildman–Crippen LogP) is 7.31. The minimum Gasteiger partial charge on any atom is -0.444 e. The van der Waals surface area contributed by atoms with E-state index >= 15 is 0 Å². The second-order valence-corrected chi connectivity index (χ2v) is 10.3. The van der Waals surface area contributed by atoms with Crippen LogP contribution in [0.5, 0.6) is 0 Å². The van der Waals surface area contributed by atoms with Crippen LogP contribution >= 0.6 is 11.6 Å². The van der Waals surface area contributed by atoms with E-state index in [0.717, 1.165) is 22.6 Å². The van der Waals surface area contributed by atoms with Gasteiger partial charge in [0.15, 0.2) is 0 Å². The summed E-state index contributed by atoms with van der Waals surface area (Å²) >= 11 is 6.04. The number of carbonyl (C=O) groups is 4. The highest BCUT2D eigenvalue weighted by molar-refractivity contribution is 6.35. The van der Waals surface area contributed by atoms with Crippen molar-refractivity contribution in [1.82, 2.24) is 0 Å². The molecule has 11 heteroatoms. The first kappa shape index (κ1) is 29.5. The SMILES string of the molecule is Cc1ccc(C)c(N2C(=O)c3ccc(C(=O)O[C@@H](C(=O)Nc4cc(C(F)(F)F)ccc4Cl)c4ccccc4)cc3C2=O)c1. The summed E-state index contributed by atoms with van der Waals surface area (Å²) in [5, 5.41) is 2.16. The van der Waals surface area contributed by atoms with Crippen molar-refractivity contribution in [2.75, 3.05) is 10.2 Å². The summed E-state index contributed by atoms with van der Waals surface area (Å²) in [5.41, 5.74) is 0.800. The quantitative estimate of drug-likeness (QED) is 0.183. The second-order valence-electron chi connectivity index (χ2n) is 9.87. The van der Waals surface area contributed by atoms with E-state index in [4.69, 9.17) is 16.3 Å². The van der Waals surface area contributed by atoms with Gasteiger partial charge in [-0.25, -0.2) is 9.69 Å². The molecule has 5 rings (SSSR count). The number of alkyl halides is 3. The molecule has 0 bridgehead atoms. The number of esters is 1. The van der Waals surface area contributed by atoms with Gasteiger partial charge in [-0.05, 0) is 67.4 Å². The molecule has 1 N–H and O–H groups in total. The number of aryl methyl sites for hydroxylation is 2. The molecule has 0 saturated carbocycles. The highest BCUT2D eigenvalue weighted by Crippen LogP contribution is 2.35. The van der Waals surface area contributed by atoms with Crippen LogP contribution < -0.4 is 10.2 Å². The number of benzene rings is 4. The molecular weight excluding hydrogens is 585 g/mol. The number of carbonyl (C=O) groups excluding carboxylic acids is 4. The van der Waals surface area contributed by atoms with E-state index in [9.17, 15) is 32.3 Å². The molecule has 1 heterocycles. The number of imide groups is 1. The molecule has 3 amide bonds. The third-order valence-electron chi connectivity index (χ3n) is 6.84. The highest BCUT2D eigenvalue weighted by Gasteiger charge is 2.38. The number of amides is 3. The lowest BCUT2D eigenvalue weighted by Gasteiger charge is -2.19. The number of nitrogens with one attached hydrogen (secondary N) is 1. The monoisotopic (exact) mass is 606 g/mol. The molecule has 0 radical (unpaired) electrons. The summed E-state index contributed by atoms with van der Waals surface area (Å²) in [7, 11) is 0. The van der Waals surface area contributed by atoms with E-state index in [1.165, 1.54) is 30.3 Å². The van der Waals surface area contributed by atoms with E-state index in [-0.39, 0.29) is 33.0 Å². The number of fused-ring (bicyclic) bond motifs is 1. The smallest absolute Gasteiger partial charge is 0.416 e. The Kier molecular flexibility index (Phi) is 7.81. The molecule has 0 spiro atoms. The Hall–Kier alpha value is -4.96. The fourth-order valence-corrected chi connectivity index (χ4v) is 4.78. The third kappa shape index (κ3) is 5.87. The van der Waals surface area contributed by atoms with Crippen molar-refractivity contribution >= 4 is 46.7 Å². The fourth-order valence-electron chi connectivity index (χ4n) is 4.62. The van der Waals surface area contributed by atoms with Crippen LogP contribution in [-0.4, -0.2) is 23.7 Å². The van der Waals surface area contributed by atoms with E-state index in [2.05, 4.69) is 5.32 Å². The Morgan fingerprint density at radius 1 is 0.860 bits per heavy atom. The van der Waals surface area contributed by atoms with Crippen molar-refractivity contribution in [1.29, 1.82) is 0 Å². The Morgan fingerprint density at radius 2 is 1.56 bits per heavy atom. The number of hydrogen-bond donors (Lipinski definition) is 1. The second kappa shape index (κ2) is 11.4. The maximum absolute atomic E-state index is 13.3. The lowest BCUT2D eigenvalue weighted by Crippen LogP contribution is -2.30. The summed E-state index contributed by atoms with van der Waals surface area (Å²) in [5.74, 6) is -3.14. The van der Waals surface area contributed by atoms with Crippen LogP contribution in [0.3, 0.4) is 0 Å². The van der Waals surface area contributed by atoms with Gasteiger partial charge in [0, 0.05) is 5.56 Å². The lowest BCUT2D eigenvalue weighted by molar-refractivity contribution is -0.137. The predicted molar refractivity (Wildman–Crippen MR) is 153 cm³/mol. The average Bonchev–Trinajstić information content (AvgIpc) is 3.22. The molecule has 0 aliphatic carbocycles. The molecule has 4 aromatic carbocycles. The van der Waals surface area contributed by atoms with E-state index in [1.54, 1.807) is 37.3 Å². The Morgan fingerprint density at radius 3 is 2.26 bits per heavy atom. The number of rotatable bonds is 6. The van der Waals surface area contributed by atoms with Crippen molar-refractivity contribution < 1.29 is 37.1 Å². The molecule has 1 atom stereocenters. The molecule has 1 aliphatic rings. The van der Waals surface area contributed by atoms with E-state index in [0.29, 0.717) is 17.3 Å². The summed E-state index contributed by atoms with van der Waals surface area (Å²) in [4.78, 5) is 54.1. The van der Waals surface area contributed by atoms with Crippen LogP contribution in [-0.2, 0) is 15.7 Å². The molecule has 7 nitrogen and oxygen atoms in total. The third-order valence-corrected chi connectivity index (χ3v) is 7.17. The fraction of sp³-hybridized carbons (Fsp3) is 0.125. The van der Waals surface area contributed by atoms with Gasteiger partial charge in [0.25, 0.3) is 17.7 Å². The molecular formula is C32H22ClF3N2O5. The summed E-state index contributed by atoms with van der Waals surface area (Å²) in [6.45, 7) is 3.60. The maximum atomic E-state index is 13.3. The van der Waals surface area contributed by atoms with Crippen molar-refractivity contribution in [3.63, 3.8) is 0 Å². The van der Waals surface area contributed by atoms with Gasteiger partial charge in [-0.2, -0.15) is 13.2 Å². The number of nitrogens with zero attached hydrogens (tertiary/aromatic N) is 1. The van der Waals surface area contributed by atoms with Crippen molar-refractivity contribution in [3.05, 3.63) is 129 Å². The van der Waals surface area contributed by atoms with Gasteiger partial charge in [-0.1, -0.05) is 54.1 Å². The summed E-state index contributed by atoms with van der Waals surface area (Å²) in [6, 6.07) is 19.5. The molecule has 1 aliphatic heterocycles. The first-order valence-corrected chi connectivity index (χ1v) is 13.3. The van der Waals surface area contributed by atoms with E-state index < -0.39 is 41.5 Å². The number of halogens is 4. The molecule has 0 fully saturated rings. The van der Waals surface area contributed by atoms with Gasteiger partial charge in [0.05, 0.1) is 38.7 Å². The molecule has 43 heavy (non-hydrogen) atoms. The zero-order chi connectivity index (χ0) is 31.1. The first-order chi connectivity index (χ1) is 20.3. The van der Waals surface area contributed by atoms with Crippen LogP contribution in [0.15, 0.2) is 84.9 Å². The van der Waals surface area contributed by atoms with Crippen LogP contribution in [0, 0.1) is 13.8 Å². The Labute approximate surface area is 248 Å². The molecule has 4 aromatic rings. The number of anilines is 2. The summed E-state index contributed by atoms with van der Waals surface area (Å²) < 4.78 is 45.3. The first-order valence-electron chi connectivity index (χ1n) is 12.9. The van der Waals surface area contributed by atoms with Crippen molar-refractivity contribution in [3.8, 4) is 0 Å². The standard InChI is InChI=1S/C32H22ClF3N2O5/c1-17-8-9-18(2)26(14-17)38-29(40)22-12-10-20(15-23(22)30(38)41)31(42)43-27(19-6-4-3-5-7-19)28(39)37-25-16-21(32(34,35)36)11-13-24(25)33/h3-16,27H,1-2H3,(H,37,39)/t27-/m1/s1. The van der Waals surface area contributed by atoms with Crippen molar-refractivity contribution in [2.45, 2.75) is 26.1 Å². The molecule has 0 unspecified atom stereocenters. The largest absolute Gasteiger partial charge is 0.444 e. The van der Waals surface area contributed by atoms with Crippen LogP contribution in [0.1, 0.15) is 59.4 Å². The van der Waals surface area contributed by atoms with Gasteiger partial charge in [0.1, 0.15) is 0 Å². The summed E-state index contributed by atoms with van der Waals surface area (Å²) in [6.07, 6.45) is -6.29. The van der Waals surface area contributed by atoms with Gasteiger partial charge >= 0.3 is 12.1 Å². The maximum Gasteiger partial charge on any atom is 0.416 e. The van der Waals surface area contributed by atoms with Crippen LogP contribution in [0.25, 0.3) is 0 Å². The highest BCUT2D eigenvalue weighted by atomic mass is 35.5. The van der Waals surface area contributed by atoms with Gasteiger partial charge in [-0.3, -0.25) is 14.4 Å². The molecule has 0 aromatic heterocycles. The average molecular weight is 607 g/mol. The normalized spacial score (nSPS) is 13.5. The van der Waals surface area contributed by atoms with Gasteiger partial charge in [-0.15, -0.1) is 0 Å². The minimum atomic E-state index is -4.69. The van der Waals surface area contributed by atoms with Gasteiger partial charge < -0.3 is 10.1 Å². The van der Waals surface area contributed by atoms with Crippen LogP contribution in [0.2, 0.25) is 5.02 Å². The van der Waals surface area contributed by atoms with Gasteiger partial charge in [0.2, 0.25) is 6.10 Å². The number of ether oxygens (including phenoxy) is 1. The molecule has 218 valence electrons. The topological polar surface area (TPSA) is 92.8 Å². The zero-order valence-electron chi connectivity index (χ0n) is 22.7. The van der Waals surface area contributed by atoms with Crippen LogP contribution in [0.4, 0.5) is 24.5 Å². The number of hydrogen-bond acceptors (Lipinski definition) is 5.